The van der Waals surface area contributed by atoms with Crippen LogP contribution in [0, 0.1) is 0 Å². The van der Waals surface area contributed by atoms with Crippen molar-refractivity contribution in [3.05, 3.63) is 0 Å². The van der Waals surface area contributed by atoms with Crippen LogP contribution in [-0.2, 0) is 18.9 Å². The summed E-state index contributed by atoms with van der Waals surface area (Å²) < 4.78 is 20.8. The van der Waals surface area contributed by atoms with Gasteiger partial charge in [-0.3, -0.25) is 0 Å². The molecule has 190 valence electrons. The maximum atomic E-state index is 10.9. The van der Waals surface area contributed by atoms with Crippen LogP contribution in [0.15, 0.2) is 0 Å². The average Bonchev–Trinajstić information content (AvgIpc) is 2.73. The second kappa shape index (κ2) is 26.6. The average molecular weight is 491 g/mol. The Morgan fingerprint density at radius 3 is 1.44 bits per heavy atom. The number of hydrogen-bond acceptors (Lipinski definition) is 4. The van der Waals surface area contributed by atoms with E-state index in [1.165, 1.54) is 96.3 Å². The van der Waals surface area contributed by atoms with Crippen LogP contribution in [0.1, 0.15) is 144 Å². The molecule has 0 aromatic heterocycles. The van der Waals surface area contributed by atoms with E-state index in [0.29, 0.717) is 13.0 Å². The van der Waals surface area contributed by atoms with Crippen LogP contribution in [-0.4, -0.2) is 22.7 Å². The van der Waals surface area contributed by atoms with Crippen LogP contribution in [0.4, 0.5) is 0 Å². The summed E-state index contributed by atoms with van der Waals surface area (Å²) in [6.45, 7) is 4.98. The largest absolute Gasteiger partial charge is 1.00 e. The fraction of sp³-hybridized carbons (Fsp3) is 1.00. The van der Waals surface area contributed by atoms with E-state index in [2.05, 4.69) is 18.5 Å². The number of ether oxygens (including phenoxy) is 1. The van der Waals surface area contributed by atoms with Crippen molar-refractivity contribution in [1.82, 2.24) is 0 Å². The topological polar surface area (TPSA) is 85.2 Å². The molecular weight excluding hydrogens is 438 g/mol. The molecule has 8 heteroatoms. The zero-order valence-electron chi connectivity index (χ0n) is 22.4. The van der Waals surface area contributed by atoms with E-state index in [1.54, 1.807) is 0 Å². The quantitative estimate of drug-likeness (QED) is 0.0449. The Labute approximate surface area is 221 Å². The first-order chi connectivity index (χ1) is 15.0. The van der Waals surface area contributed by atoms with Gasteiger partial charge in [0.15, 0.2) is 6.29 Å². The molecule has 2 N–H and O–H groups in total. The zero-order chi connectivity index (χ0) is 23.0. The normalized spacial score (nSPS) is 12.6. The SMILES string of the molecule is CCCCCCCCCCCCCCCC(OCCCCCCCC)OOP(=O)(O)O.[H-].[Na+]. The third kappa shape index (κ3) is 29.1. The smallest absolute Gasteiger partial charge is 1.00 e. The standard InChI is InChI=1S/C24H51O6P.Na.H/c1-3-5-7-9-11-12-13-14-15-16-17-18-20-22-24(29-30-31(25,26)27)28-23-21-19-10-8-6-4-2;;/h24H,3-23H2,1-2H3,(H2,25,26,27);;/q;+1;-1. The predicted octanol–water partition coefficient (Wildman–Crippen LogP) is 5.33. The van der Waals surface area contributed by atoms with Gasteiger partial charge in [-0.25, -0.2) is 4.57 Å². The monoisotopic (exact) mass is 490 g/mol. The summed E-state index contributed by atoms with van der Waals surface area (Å²) in [6.07, 6.45) is 23.5. The van der Waals surface area contributed by atoms with E-state index in [0.717, 1.165) is 25.7 Å². The Balaban J connectivity index is -0.00000450. The Morgan fingerprint density at radius 1 is 0.656 bits per heavy atom. The van der Waals surface area contributed by atoms with Gasteiger partial charge in [-0.1, -0.05) is 123 Å². The molecule has 0 heterocycles. The van der Waals surface area contributed by atoms with Gasteiger partial charge in [-0.2, -0.15) is 4.89 Å². The molecule has 0 spiro atoms. The Morgan fingerprint density at radius 2 is 1.03 bits per heavy atom. The van der Waals surface area contributed by atoms with Crippen LogP contribution < -0.4 is 29.6 Å². The maximum absolute atomic E-state index is 10.9. The third-order valence-electron chi connectivity index (χ3n) is 5.59. The molecule has 1 unspecified atom stereocenters. The van der Waals surface area contributed by atoms with Crippen LogP contribution in [0.25, 0.3) is 0 Å². The van der Waals surface area contributed by atoms with E-state index in [9.17, 15) is 4.57 Å². The van der Waals surface area contributed by atoms with Crippen molar-refractivity contribution in [3.63, 3.8) is 0 Å². The van der Waals surface area contributed by atoms with E-state index >= 15 is 0 Å². The Kier molecular flexibility index (Phi) is 29.3. The Bertz CT molecular complexity index is 414. The molecule has 0 aromatic carbocycles. The molecule has 0 fully saturated rings. The van der Waals surface area contributed by atoms with Gasteiger partial charge in [0.05, 0.1) is 0 Å². The molecule has 0 saturated carbocycles. The van der Waals surface area contributed by atoms with Gasteiger partial charge in [0.25, 0.3) is 0 Å². The molecule has 0 aromatic rings. The van der Waals surface area contributed by atoms with Crippen molar-refractivity contribution in [1.29, 1.82) is 0 Å². The summed E-state index contributed by atoms with van der Waals surface area (Å²) >= 11 is 0. The molecule has 0 amide bonds. The molecule has 32 heavy (non-hydrogen) atoms. The number of rotatable bonds is 25. The number of hydrogen-bond donors (Lipinski definition) is 2. The molecule has 6 nitrogen and oxygen atoms in total. The van der Waals surface area contributed by atoms with Gasteiger partial charge >= 0.3 is 37.4 Å². The fourth-order valence-corrected chi connectivity index (χ4v) is 3.90. The summed E-state index contributed by atoms with van der Waals surface area (Å²) in [5.74, 6) is 0. The van der Waals surface area contributed by atoms with E-state index in [4.69, 9.17) is 19.4 Å². The fourth-order valence-electron chi connectivity index (χ4n) is 3.69. The van der Waals surface area contributed by atoms with Gasteiger partial charge in [0.1, 0.15) is 0 Å². The van der Waals surface area contributed by atoms with Crippen LogP contribution in [0.3, 0.4) is 0 Å². The first-order valence-corrected chi connectivity index (χ1v) is 14.5. The first-order valence-electron chi connectivity index (χ1n) is 13.0. The van der Waals surface area contributed by atoms with Gasteiger partial charge in [0.2, 0.25) is 0 Å². The minimum atomic E-state index is -4.65. The van der Waals surface area contributed by atoms with Gasteiger partial charge in [-0.15, -0.1) is 4.67 Å². The maximum Gasteiger partial charge on any atom is 1.00 e. The van der Waals surface area contributed by atoms with Gasteiger partial charge < -0.3 is 16.0 Å². The van der Waals surface area contributed by atoms with Gasteiger partial charge in [0, 0.05) is 13.0 Å². The summed E-state index contributed by atoms with van der Waals surface area (Å²) in [7, 11) is -4.65. The van der Waals surface area contributed by atoms with Crippen LogP contribution >= 0.6 is 7.82 Å². The van der Waals surface area contributed by atoms with Crippen molar-refractivity contribution in [2.75, 3.05) is 6.61 Å². The molecular formula is C24H52NaO6P. The minimum Gasteiger partial charge on any atom is -1.00 e. The summed E-state index contributed by atoms with van der Waals surface area (Å²) in [6, 6.07) is 0. The first kappa shape index (κ1) is 35.2. The summed E-state index contributed by atoms with van der Waals surface area (Å²) in [5, 5.41) is 0. The molecule has 0 aliphatic rings. The van der Waals surface area contributed by atoms with Crippen LogP contribution in [0.2, 0.25) is 0 Å². The molecule has 0 saturated heterocycles. The molecule has 0 aliphatic heterocycles. The minimum absolute atomic E-state index is 0. The molecule has 0 radical (unpaired) electrons. The summed E-state index contributed by atoms with van der Waals surface area (Å²) in [5.41, 5.74) is 0. The zero-order valence-corrected chi connectivity index (χ0v) is 24.3. The van der Waals surface area contributed by atoms with Gasteiger partial charge in [-0.05, 0) is 12.8 Å². The molecule has 0 rings (SSSR count). The van der Waals surface area contributed by atoms with E-state index in [1.807, 2.05) is 0 Å². The van der Waals surface area contributed by atoms with Crippen molar-refractivity contribution in [2.45, 2.75) is 149 Å². The van der Waals surface area contributed by atoms with Crippen molar-refractivity contribution >= 4 is 7.82 Å². The van der Waals surface area contributed by atoms with E-state index in [-0.39, 0.29) is 31.0 Å². The van der Waals surface area contributed by atoms with Crippen molar-refractivity contribution in [3.8, 4) is 0 Å². The number of unbranched alkanes of at least 4 members (excludes halogenated alkanes) is 17. The van der Waals surface area contributed by atoms with Crippen LogP contribution in [0.5, 0.6) is 0 Å². The van der Waals surface area contributed by atoms with Crippen molar-refractivity contribution < 1.29 is 59.6 Å². The second-order valence-corrected chi connectivity index (χ2v) is 9.89. The molecule has 0 bridgehead atoms. The molecule has 1 atom stereocenters. The summed E-state index contributed by atoms with van der Waals surface area (Å²) in [4.78, 5) is 22.6. The predicted molar refractivity (Wildman–Crippen MR) is 129 cm³/mol. The van der Waals surface area contributed by atoms with E-state index < -0.39 is 14.1 Å². The second-order valence-electron chi connectivity index (χ2n) is 8.76. The number of phosphoric acid groups is 1. The van der Waals surface area contributed by atoms with Crippen molar-refractivity contribution in [2.24, 2.45) is 0 Å². The molecule has 0 aliphatic carbocycles. The third-order valence-corrected chi connectivity index (χ3v) is 5.87. The Hall–Kier alpha value is 1.03.